The number of carbonyl (C=O) groups excluding carboxylic acids is 1. The zero-order valence-electron chi connectivity index (χ0n) is 13.4. The van der Waals surface area contributed by atoms with Crippen molar-refractivity contribution < 1.29 is 13.9 Å². The summed E-state index contributed by atoms with van der Waals surface area (Å²) in [4.78, 5) is 13.4. The number of rotatable bonds is 6. The number of hydrogen-bond donors (Lipinski definition) is 1. The zero-order valence-corrected chi connectivity index (χ0v) is 13.4. The van der Waals surface area contributed by atoms with Gasteiger partial charge in [-0.25, -0.2) is 4.39 Å². The summed E-state index contributed by atoms with van der Waals surface area (Å²) in [5.41, 5.74) is 1.10. The van der Waals surface area contributed by atoms with Crippen molar-refractivity contribution in [2.75, 3.05) is 33.3 Å². The van der Waals surface area contributed by atoms with E-state index in [0.29, 0.717) is 6.54 Å². The Balaban J connectivity index is 1.73. The largest absolute Gasteiger partial charge is 0.468 e. The molecule has 1 aliphatic heterocycles. The molecule has 0 unspecified atom stereocenters. The molecule has 4 nitrogen and oxygen atoms in total. The van der Waals surface area contributed by atoms with Gasteiger partial charge in [0.2, 0.25) is 0 Å². The third-order valence-electron chi connectivity index (χ3n) is 4.39. The first kappa shape index (κ1) is 16.9. The summed E-state index contributed by atoms with van der Waals surface area (Å²) < 4.78 is 17.8. The summed E-state index contributed by atoms with van der Waals surface area (Å²) in [6.07, 6.45) is 2.81. The van der Waals surface area contributed by atoms with Crippen LogP contribution in [0.4, 0.5) is 4.39 Å². The van der Waals surface area contributed by atoms with Crippen molar-refractivity contribution in [3.63, 3.8) is 0 Å². The predicted molar refractivity (Wildman–Crippen MR) is 84.2 cm³/mol. The van der Waals surface area contributed by atoms with E-state index in [4.69, 9.17) is 4.74 Å². The van der Waals surface area contributed by atoms with Crippen LogP contribution in [0.15, 0.2) is 24.3 Å². The van der Waals surface area contributed by atoms with Crippen LogP contribution in [0.1, 0.15) is 25.3 Å². The molecule has 0 bridgehead atoms. The van der Waals surface area contributed by atoms with Gasteiger partial charge in [-0.3, -0.25) is 9.69 Å². The molecular formula is C17H25FN2O2. The highest BCUT2D eigenvalue weighted by molar-refractivity contribution is 5.71. The van der Waals surface area contributed by atoms with Gasteiger partial charge in [0.05, 0.1) is 13.7 Å². The van der Waals surface area contributed by atoms with Crippen LogP contribution in [0.2, 0.25) is 0 Å². The summed E-state index contributed by atoms with van der Waals surface area (Å²) >= 11 is 0. The zero-order chi connectivity index (χ0) is 16.0. The number of nitrogens with zero attached hydrogens (tertiary/aromatic N) is 1. The fourth-order valence-corrected chi connectivity index (χ4v) is 2.83. The molecule has 0 amide bonds. The Hall–Kier alpha value is -1.46. The Kier molecular flexibility index (Phi) is 5.91. The van der Waals surface area contributed by atoms with Crippen LogP contribution in [-0.2, 0) is 16.0 Å². The average Bonchev–Trinajstić information content (AvgIpc) is 2.50. The van der Waals surface area contributed by atoms with Crippen LogP contribution in [0, 0.1) is 5.82 Å². The standard InChI is InChI=1S/C17H25FN2O2/c1-17(7-10-20(11-8-17)13-16(21)22-2)19-9-6-14-4-3-5-15(18)12-14/h3-5,12,19H,6-11,13H2,1-2H3. The van der Waals surface area contributed by atoms with Gasteiger partial charge in [0.25, 0.3) is 0 Å². The van der Waals surface area contributed by atoms with E-state index in [-0.39, 0.29) is 17.3 Å². The first-order chi connectivity index (χ1) is 10.5. The molecule has 0 aliphatic carbocycles. The molecule has 1 aromatic rings. The lowest BCUT2D eigenvalue weighted by atomic mass is 9.89. The predicted octanol–water partition coefficient (Wildman–Crippen LogP) is 1.99. The van der Waals surface area contributed by atoms with Gasteiger partial charge in [-0.05, 0) is 50.4 Å². The fraction of sp³-hybridized carbons (Fsp3) is 0.588. The van der Waals surface area contributed by atoms with Crippen molar-refractivity contribution in [1.82, 2.24) is 10.2 Å². The van der Waals surface area contributed by atoms with Crippen LogP contribution >= 0.6 is 0 Å². The van der Waals surface area contributed by atoms with Gasteiger partial charge in [-0.1, -0.05) is 12.1 Å². The SMILES string of the molecule is COC(=O)CN1CCC(C)(NCCc2cccc(F)c2)CC1. The second kappa shape index (κ2) is 7.70. The van der Waals surface area contributed by atoms with Crippen LogP contribution < -0.4 is 5.32 Å². The van der Waals surface area contributed by atoms with Gasteiger partial charge in [0.1, 0.15) is 5.82 Å². The van der Waals surface area contributed by atoms with Crippen LogP contribution in [-0.4, -0.2) is 49.7 Å². The van der Waals surface area contributed by atoms with Crippen molar-refractivity contribution in [3.8, 4) is 0 Å². The Labute approximate surface area is 131 Å². The lowest BCUT2D eigenvalue weighted by Crippen LogP contribution is -2.52. The van der Waals surface area contributed by atoms with Crippen LogP contribution in [0.5, 0.6) is 0 Å². The van der Waals surface area contributed by atoms with Crippen molar-refractivity contribution in [2.45, 2.75) is 31.7 Å². The summed E-state index contributed by atoms with van der Waals surface area (Å²) in [7, 11) is 1.42. The van der Waals surface area contributed by atoms with E-state index in [2.05, 4.69) is 17.1 Å². The minimum absolute atomic E-state index is 0.0833. The van der Waals surface area contributed by atoms with Gasteiger partial charge >= 0.3 is 5.97 Å². The Morgan fingerprint density at radius 2 is 2.14 bits per heavy atom. The molecule has 1 aliphatic rings. The molecule has 0 saturated carbocycles. The van der Waals surface area contributed by atoms with E-state index in [9.17, 15) is 9.18 Å². The molecule has 0 spiro atoms. The number of hydrogen-bond acceptors (Lipinski definition) is 4. The first-order valence-electron chi connectivity index (χ1n) is 7.79. The van der Waals surface area contributed by atoms with Gasteiger partial charge in [-0.15, -0.1) is 0 Å². The summed E-state index contributed by atoms with van der Waals surface area (Å²) in [5, 5.41) is 3.59. The van der Waals surface area contributed by atoms with Crippen molar-refractivity contribution in [1.29, 1.82) is 0 Å². The quantitative estimate of drug-likeness (QED) is 0.816. The summed E-state index contributed by atoms with van der Waals surface area (Å²) in [5.74, 6) is -0.359. The molecule has 5 heteroatoms. The summed E-state index contributed by atoms with van der Waals surface area (Å²) in [6.45, 7) is 5.19. The second-order valence-corrected chi connectivity index (χ2v) is 6.22. The first-order valence-corrected chi connectivity index (χ1v) is 7.79. The van der Waals surface area contributed by atoms with Gasteiger partial charge in [-0.2, -0.15) is 0 Å². The maximum Gasteiger partial charge on any atom is 0.319 e. The van der Waals surface area contributed by atoms with E-state index in [0.717, 1.165) is 44.5 Å². The minimum Gasteiger partial charge on any atom is -0.468 e. The highest BCUT2D eigenvalue weighted by Crippen LogP contribution is 2.21. The molecule has 22 heavy (non-hydrogen) atoms. The third-order valence-corrected chi connectivity index (χ3v) is 4.39. The number of ether oxygens (including phenoxy) is 1. The smallest absolute Gasteiger partial charge is 0.319 e. The molecule has 2 rings (SSSR count). The minimum atomic E-state index is -0.181. The molecule has 0 atom stereocenters. The molecule has 0 aromatic heterocycles. The highest BCUT2D eigenvalue weighted by atomic mass is 19.1. The fourth-order valence-electron chi connectivity index (χ4n) is 2.83. The Morgan fingerprint density at radius 3 is 2.77 bits per heavy atom. The highest BCUT2D eigenvalue weighted by Gasteiger charge is 2.30. The van der Waals surface area contributed by atoms with E-state index in [1.54, 1.807) is 12.1 Å². The number of likely N-dealkylation sites (tertiary alicyclic amines) is 1. The van der Waals surface area contributed by atoms with Gasteiger partial charge in [0.15, 0.2) is 0 Å². The van der Waals surface area contributed by atoms with Crippen LogP contribution in [0.3, 0.4) is 0 Å². The number of nitrogens with one attached hydrogen (secondary N) is 1. The monoisotopic (exact) mass is 308 g/mol. The number of halogens is 1. The molecule has 1 N–H and O–H groups in total. The average molecular weight is 308 g/mol. The molecule has 1 heterocycles. The second-order valence-electron chi connectivity index (χ2n) is 6.22. The van der Waals surface area contributed by atoms with E-state index in [1.165, 1.54) is 13.2 Å². The van der Waals surface area contributed by atoms with Crippen molar-refractivity contribution >= 4 is 5.97 Å². The summed E-state index contributed by atoms with van der Waals surface area (Å²) in [6, 6.07) is 6.75. The lowest BCUT2D eigenvalue weighted by Gasteiger charge is -2.39. The van der Waals surface area contributed by atoms with Gasteiger partial charge in [0, 0.05) is 18.6 Å². The number of carbonyl (C=O) groups is 1. The van der Waals surface area contributed by atoms with Crippen LogP contribution in [0.25, 0.3) is 0 Å². The molecule has 1 aromatic carbocycles. The maximum absolute atomic E-state index is 13.1. The molecular weight excluding hydrogens is 283 g/mol. The van der Waals surface area contributed by atoms with E-state index in [1.807, 2.05) is 6.07 Å². The number of methoxy groups -OCH3 is 1. The van der Waals surface area contributed by atoms with Crippen molar-refractivity contribution in [2.24, 2.45) is 0 Å². The van der Waals surface area contributed by atoms with Gasteiger partial charge < -0.3 is 10.1 Å². The van der Waals surface area contributed by atoms with E-state index >= 15 is 0 Å². The number of benzene rings is 1. The normalized spacial score (nSPS) is 18.1. The molecule has 122 valence electrons. The lowest BCUT2D eigenvalue weighted by molar-refractivity contribution is -0.142. The third kappa shape index (κ3) is 5.07. The molecule has 0 radical (unpaired) electrons. The Bertz CT molecular complexity index is 499. The van der Waals surface area contributed by atoms with Crippen molar-refractivity contribution in [3.05, 3.63) is 35.6 Å². The number of esters is 1. The molecule has 1 saturated heterocycles. The number of piperidine rings is 1. The maximum atomic E-state index is 13.1. The topological polar surface area (TPSA) is 41.6 Å². The molecule has 1 fully saturated rings. The van der Waals surface area contributed by atoms with E-state index < -0.39 is 0 Å². The Morgan fingerprint density at radius 1 is 1.41 bits per heavy atom.